The molecule has 0 amide bonds. The molecule has 0 bridgehead atoms. The van der Waals surface area contributed by atoms with Crippen LogP contribution in [0.2, 0.25) is 0 Å². The van der Waals surface area contributed by atoms with Crippen molar-refractivity contribution in [3.05, 3.63) is 269 Å². The Hall–Kier alpha value is -7.14. The first-order valence-corrected chi connectivity index (χ1v) is 23.7. The molecule has 0 spiro atoms. The third kappa shape index (κ3) is 15.2. The first-order chi connectivity index (χ1) is 32.2. The van der Waals surface area contributed by atoms with Crippen LogP contribution in [0.5, 0.6) is 0 Å². The highest BCUT2D eigenvalue weighted by atomic mass is 32.1. The normalized spacial score (nSPS) is 13.2. The van der Waals surface area contributed by atoms with Crippen molar-refractivity contribution < 1.29 is 0 Å². The van der Waals surface area contributed by atoms with Crippen LogP contribution in [0.4, 0.5) is 11.4 Å². The minimum absolute atomic E-state index is 0.826. The number of benzene rings is 3. The fraction of sp³-hybridized carbons (Fsp3) is 0.143. The molecule has 0 radical (unpaired) electrons. The molecule has 4 aromatic rings. The van der Waals surface area contributed by atoms with Gasteiger partial charge in [-0.15, -0.1) is 16.8 Å². The summed E-state index contributed by atoms with van der Waals surface area (Å²) in [6, 6.07) is 29.9. The number of nitrogens with zero attached hydrogens (tertiary/aromatic N) is 2. The van der Waals surface area contributed by atoms with Crippen molar-refractivity contribution in [3.63, 3.8) is 0 Å². The topological polar surface area (TPSA) is 6.48 Å². The van der Waals surface area contributed by atoms with Crippen LogP contribution in [-0.2, 0) is 0 Å². The van der Waals surface area contributed by atoms with Gasteiger partial charge in [0.1, 0.15) is 7.85 Å². The van der Waals surface area contributed by atoms with Crippen LogP contribution in [0.3, 0.4) is 0 Å². The standard InChI is InChI=1S/C63H69BN2S/c1-14-18-20-21-22-23-24-29-51(10)65(53(12)44-50(9)64)60-34-26-25-33-59(60)57-32-27-31-56(45-57)48(7)39-41-52(11)66(58(17-4)42-40-47(6)55(16-3)30-19-15-2)61-35-28-36-62-63(61)49(8)38-37-46(5)43-54(13)67-62/h14-19,22-45H,3-4,8,10,12-13,20-21,64H2,1-2,5-7,9,11H3/b18-14-,19-15-,23-22-,29-24-,38-37?,46-43?,47-40+,48-39+,50-44+,52-41+,55-30+,58-42+. The minimum Gasteiger partial charge on any atom is -0.314 e. The van der Waals surface area contributed by atoms with Gasteiger partial charge in [-0.25, -0.2) is 0 Å². The second kappa shape index (κ2) is 26.7. The summed E-state index contributed by atoms with van der Waals surface area (Å²) in [6.07, 6.45) is 35.3. The summed E-state index contributed by atoms with van der Waals surface area (Å²) in [5, 5.41) is 1.95. The number of fused-ring (bicyclic) bond motifs is 1. The number of para-hydroxylation sites is 1. The molecule has 0 aliphatic carbocycles. The predicted octanol–water partition coefficient (Wildman–Crippen LogP) is 16.2. The molecule has 1 aromatic heterocycles. The van der Waals surface area contributed by atoms with Gasteiger partial charge in [-0.3, -0.25) is 0 Å². The van der Waals surface area contributed by atoms with E-state index >= 15 is 0 Å². The third-order valence-electron chi connectivity index (χ3n) is 10.9. The fourth-order valence-corrected chi connectivity index (χ4v) is 8.47. The number of aryl methyl sites for hydroxylation is 1. The first kappa shape index (κ1) is 52.5. The Kier molecular flexibility index (Phi) is 20.9. The fourth-order valence-electron chi connectivity index (χ4n) is 7.46. The molecule has 1 heterocycles. The molecule has 0 atom stereocenters. The number of unbranched alkanes of at least 4 members (excludes halogenated alkanes) is 1. The molecule has 67 heavy (non-hydrogen) atoms. The average molecular weight is 897 g/mol. The van der Waals surface area contributed by atoms with E-state index in [1.54, 1.807) is 11.3 Å². The van der Waals surface area contributed by atoms with Crippen LogP contribution in [-0.4, -0.2) is 7.85 Å². The predicted molar refractivity (Wildman–Crippen MR) is 307 cm³/mol. The number of hydrogen-bond acceptors (Lipinski definition) is 3. The zero-order valence-corrected chi connectivity index (χ0v) is 42.1. The van der Waals surface area contributed by atoms with E-state index in [-0.39, 0.29) is 0 Å². The van der Waals surface area contributed by atoms with E-state index in [1.807, 2.05) is 31.2 Å². The van der Waals surface area contributed by atoms with Gasteiger partial charge in [-0.2, -0.15) is 0 Å². The third-order valence-corrected chi connectivity index (χ3v) is 11.8. The average Bonchev–Trinajstić information content (AvgIpc) is 3.36. The van der Waals surface area contributed by atoms with E-state index in [4.69, 9.17) is 0 Å². The molecule has 0 aliphatic heterocycles. The maximum atomic E-state index is 4.59. The molecule has 0 saturated heterocycles. The van der Waals surface area contributed by atoms with Gasteiger partial charge in [-0.1, -0.05) is 168 Å². The number of allylic oxidation sites excluding steroid dienone is 21. The van der Waals surface area contributed by atoms with E-state index in [0.717, 1.165) is 111 Å². The molecule has 0 saturated carbocycles. The Morgan fingerprint density at radius 2 is 1.42 bits per heavy atom. The molecule has 3 aromatic carbocycles. The van der Waals surface area contributed by atoms with Gasteiger partial charge in [-0.05, 0) is 154 Å². The molecule has 0 N–H and O–H groups in total. The number of anilines is 2. The Morgan fingerprint density at radius 1 is 0.687 bits per heavy atom. The van der Waals surface area contributed by atoms with Crippen molar-refractivity contribution in [1.29, 1.82) is 0 Å². The summed E-state index contributed by atoms with van der Waals surface area (Å²) < 4.78 is 2.05. The zero-order chi connectivity index (χ0) is 48.9. The molecular formula is C63H69BN2S. The molecule has 340 valence electrons. The summed E-state index contributed by atoms with van der Waals surface area (Å²) in [5.74, 6) is 0. The van der Waals surface area contributed by atoms with Crippen LogP contribution in [0.25, 0.3) is 39.9 Å². The second-order valence-corrected chi connectivity index (χ2v) is 17.7. The lowest BCUT2D eigenvalue weighted by Gasteiger charge is -2.28. The van der Waals surface area contributed by atoms with Crippen LogP contribution in [0.15, 0.2) is 248 Å². The molecule has 4 rings (SSSR count). The van der Waals surface area contributed by atoms with Gasteiger partial charge in [0.2, 0.25) is 0 Å². The Balaban J connectivity index is 1.89. The van der Waals surface area contributed by atoms with Crippen LogP contribution in [0.1, 0.15) is 65.5 Å². The van der Waals surface area contributed by atoms with Gasteiger partial charge in [0.25, 0.3) is 0 Å². The summed E-state index contributed by atoms with van der Waals surface area (Å²) in [4.78, 5) is 4.41. The molecule has 4 heteroatoms. The highest BCUT2D eigenvalue weighted by molar-refractivity contribution is 7.16. The smallest absolute Gasteiger partial charge is 0.133 e. The van der Waals surface area contributed by atoms with Crippen LogP contribution >= 0.6 is 11.3 Å². The summed E-state index contributed by atoms with van der Waals surface area (Å²) in [5.41, 5.74) is 14.4. The zero-order valence-electron chi connectivity index (χ0n) is 41.3. The lowest BCUT2D eigenvalue weighted by atomic mass is 9.95. The first-order valence-electron chi connectivity index (χ1n) is 22.9. The van der Waals surface area contributed by atoms with E-state index < -0.39 is 0 Å². The molecule has 0 fully saturated rings. The Morgan fingerprint density at radius 3 is 2.13 bits per heavy atom. The lowest BCUT2D eigenvalue weighted by molar-refractivity contribution is 1.05. The Labute approximate surface area is 408 Å². The van der Waals surface area contributed by atoms with Gasteiger partial charge >= 0.3 is 0 Å². The van der Waals surface area contributed by atoms with Gasteiger partial charge in [0, 0.05) is 43.0 Å². The van der Waals surface area contributed by atoms with E-state index in [1.165, 1.54) is 0 Å². The number of hydrogen-bond donors (Lipinski definition) is 0. The van der Waals surface area contributed by atoms with Crippen molar-refractivity contribution in [2.24, 2.45) is 0 Å². The van der Waals surface area contributed by atoms with E-state index in [0.29, 0.717) is 0 Å². The highest BCUT2D eigenvalue weighted by Gasteiger charge is 2.18. The van der Waals surface area contributed by atoms with Gasteiger partial charge in [0.05, 0.1) is 11.4 Å². The van der Waals surface area contributed by atoms with Crippen molar-refractivity contribution in [3.8, 4) is 11.1 Å². The van der Waals surface area contributed by atoms with E-state index in [2.05, 4.69) is 257 Å². The number of rotatable bonds is 20. The van der Waals surface area contributed by atoms with Gasteiger partial charge < -0.3 is 9.80 Å². The molecule has 0 unspecified atom stereocenters. The largest absolute Gasteiger partial charge is 0.314 e. The van der Waals surface area contributed by atoms with Crippen molar-refractivity contribution >= 4 is 59.4 Å². The van der Waals surface area contributed by atoms with Crippen molar-refractivity contribution in [2.45, 2.75) is 61.3 Å². The van der Waals surface area contributed by atoms with Crippen molar-refractivity contribution in [2.75, 3.05) is 9.80 Å². The van der Waals surface area contributed by atoms with Crippen LogP contribution < -0.4 is 19.6 Å². The SMILES string of the molecule is B/C(C)=C/C(=C)N(C(=C)/C=C\C=C/CC/C=C\C)c1ccccc1-c1cccc(/C(C)=C/C=C(\C)N(/C(C=C)=C/C=C(C)/C(C=C)=C/C=C\C)c2cccc3sc(=C)cc(C)ccc(=C)c23)c1. The Bertz CT molecular complexity index is 2940. The maximum Gasteiger partial charge on any atom is 0.133 e. The summed E-state index contributed by atoms with van der Waals surface area (Å²) >= 11 is 1.66. The summed E-state index contributed by atoms with van der Waals surface area (Å²) in [6.45, 7) is 41.0. The van der Waals surface area contributed by atoms with Gasteiger partial charge in [0.15, 0.2) is 0 Å². The molecule has 2 nitrogen and oxygen atoms in total. The quantitative estimate of drug-likeness (QED) is 0.0377. The highest BCUT2D eigenvalue weighted by Crippen LogP contribution is 2.37. The van der Waals surface area contributed by atoms with Crippen LogP contribution in [0, 0.1) is 6.92 Å². The molecule has 0 aliphatic rings. The molecular weight excluding hydrogens is 828 g/mol. The monoisotopic (exact) mass is 897 g/mol. The summed E-state index contributed by atoms with van der Waals surface area (Å²) in [7, 11) is 2.09. The van der Waals surface area contributed by atoms with Crippen molar-refractivity contribution in [1.82, 2.24) is 0 Å². The second-order valence-electron chi connectivity index (χ2n) is 16.5. The lowest BCUT2D eigenvalue weighted by Crippen LogP contribution is -2.20. The van der Waals surface area contributed by atoms with E-state index in [9.17, 15) is 0 Å². The minimum atomic E-state index is 0.826. The maximum absolute atomic E-state index is 4.59.